The number of hydrogen-bond donors (Lipinski definition) is 1. The first-order chi connectivity index (χ1) is 13.0. The van der Waals surface area contributed by atoms with Gasteiger partial charge in [0.15, 0.2) is 0 Å². The van der Waals surface area contributed by atoms with E-state index >= 15 is 0 Å². The number of benzene rings is 1. The van der Waals surface area contributed by atoms with E-state index in [0.717, 1.165) is 49.3 Å². The SMILES string of the molecule is CCOc1ccc(C(=O)Nc2c(C)nc(N3CCN(C)CC3)nc2C)cc1. The number of ether oxygens (including phenoxy) is 1. The van der Waals surface area contributed by atoms with Crippen LogP contribution in [0, 0.1) is 13.8 Å². The molecule has 0 bridgehead atoms. The van der Waals surface area contributed by atoms with Crippen LogP contribution in [0.5, 0.6) is 5.75 Å². The first-order valence-electron chi connectivity index (χ1n) is 9.31. The van der Waals surface area contributed by atoms with Gasteiger partial charge in [-0.2, -0.15) is 0 Å². The van der Waals surface area contributed by atoms with Gasteiger partial charge in [0.05, 0.1) is 23.7 Å². The molecule has 1 aliphatic rings. The third-order valence-electron chi connectivity index (χ3n) is 4.71. The van der Waals surface area contributed by atoms with Crippen molar-refractivity contribution in [2.24, 2.45) is 0 Å². The van der Waals surface area contributed by atoms with Crippen molar-refractivity contribution >= 4 is 17.5 Å². The summed E-state index contributed by atoms with van der Waals surface area (Å²) in [7, 11) is 2.12. The molecule has 1 amide bonds. The van der Waals surface area contributed by atoms with Crippen LogP contribution in [-0.2, 0) is 0 Å². The maximum atomic E-state index is 12.6. The molecule has 7 nitrogen and oxygen atoms in total. The molecular formula is C20H27N5O2. The number of amides is 1. The van der Waals surface area contributed by atoms with Gasteiger partial charge in [0.2, 0.25) is 5.95 Å². The van der Waals surface area contributed by atoms with Crippen molar-refractivity contribution in [1.82, 2.24) is 14.9 Å². The number of rotatable bonds is 5. The molecule has 0 unspecified atom stereocenters. The van der Waals surface area contributed by atoms with Crippen LogP contribution in [-0.4, -0.2) is 60.6 Å². The van der Waals surface area contributed by atoms with Crippen molar-refractivity contribution < 1.29 is 9.53 Å². The van der Waals surface area contributed by atoms with Crippen LogP contribution in [0.4, 0.5) is 11.6 Å². The van der Waals surface area contributed by atoms with Gasteiger partial charge in [0.25, 0.3) is 5.91 Å². The predicted octanol–water partition coefficient (Wildman–Crippen LogP) is 2.50. The highest BCUT2D eigenvalue weighted by Gasteiger charge is 2.19. The van der Waals surface area contributed by atoms with Gasteiger partial charge in [0, 0.05) is 31.7 Å². The maximum absolute atomic E-state index is 12.6. The monoisotopic (exact) mass is 369 g/mol. The van der Waals surface area contributed by atoms with E-state index in [1.807, 2.05) is 20.8 Å². The lowest BCUT2D eigenvalue weighted by molar-refractivity contribution is 0.102. The minimum atomic E-state index is -0.180. The normalized spacial score (nSPS) is 14.9. The van der Waals surface area contributed by atoms with E-state index in [0.29, 0.717) is 17.9 Å². The van der Waals surface area contributed by atoms with Crippen LogP contribution in [0.25, 0.3) is 0 Å². The minimum absolute atomic E-state index is 0.180. The van der Waals surface area contributed by atoms with Crippen molar-refractivity contribution in [3.63, 3.8) is 0 Å². The van der Waals surface area contributed by atoms with E-state index in [-0.39, 0.29) is 5.91 Å². The number of anilines is 2. The Hall–Kier alpha value is -2.67. The van der Waals surface area contributed by atoms with Crippen molar-refractivity contribution in [3.05, 3.63) is 41.2 Å². The van der Waals surface area contributed by atoms with E-state index in [2.05, 4.69) is 32.1 Å². The van der Waals surface area contributed by atoms with E-state index < -0.39 is 0 Å². The molecule has 1 aromatic carbocycles. The number of nitrogens with one attached hydrogen (secondary N) is 1. The zero-order valence-corrected chi connectivity index (χ0v) is 16.5. The summed E-state index contributed by atoms with van der Waals surface area (Å²) in [6.45, 7) is 10.2. The average Bonchev–Trinajstić information content (AvgIpc) is 2.66. The fraction of sp³-hybridized carbons (Fsp3) is 0.450. The molecule has 144 valence electrons. The predicted molar refractivity (Wildman–Crippen MR) is 107 cm³/mol. The van der Waals surface area contributed by atoms with E-state index in [1.54, 1.807) is 24.3 Å². The summed E-state index contributed by atoms with van der Waals surface area (Å²) in [5, 5.41) is 2.95. The number of aromatic nitrogens is 2. The Bertz CT molecular complexity index is 776. The summed E-state index contributed by atoms with van der Waals surface area (Å²) >= 11 is 0. The Labute approximate surface area is 160 Å². The first-order valence-corrected chi connectivity index (χ1v) is 9.31. The molecule has 0 atom stereocenters. The van der Waals surface area contributed by atoms with E-state index in [1.165, 1.54) is 0 Å². The number of hydrogen-bond acceptors (Lipinski definition) is 6. The molecule has 0 aliphatic carbocycles. The Morgan fingerprint density at radius 3 is 2.22 bits per heavy atom. The number of likely N-dealkylation sites (N-methyl/N-ethyl adjacent to an activating group) is 1. The molecule has 2 heterocycles. The molecule has 1 aromatic heterocycles. The second kappa shape index (κ2) is 8.35. The molecule has 1 fully saturated rings. The van der Waals surface area contributed by atoms with E-state index in [9.17, 15) is 4.79 Å². The topological polar surface area (TPSA) is 70.6 Å². The van der Waals surface area contributed by atoms with Gasteiger partial charge in [-0.05, 0) is 52.1 Å². The smallest absolute Gasteiger partial charge is 0.255 e. The molecule has 1 N–H and O–H groups in total. The Morgan fingerprint density at radius 2 is 1.67 bits per heavy atom. The van der Waals surface area contributed by atoms with Crippen molar-refractivity contribution in [2.75, 3.05) is 50.1 Å². The van der Waals surface area contributed by atoms with Crippen LogP contribution in [0.1, 0.15) is 28.7 Å². The lowest BCUT2D eigenvalue weighted by Crippen LogP contribution is -2.45. The minimum Gasteiger partial charge on any atom is -0.494 e. The Balaban J connectivity index is 1.73. The quantitative estimate of drug-likeness (QED) is 0.873. The number of piperazine rings is 1. The highest BCUT2D eigenvalue weighted by Crippen LogP contribution is 2.22. The third kappa shape index (κ3) is 4.54. The molecule has 27 heavy (non-hydrogen) atoms. The Morgan fingerprint density at radius 1 is 1.07 bits per heavy atom. The fourth-order valence-electron chi connectivity index (χ4n) is 3.08. The third-order valence-corrected chi connectivity index (χ3v) is 4.71. The number of carbonyl (C=O) groups is 1. The molecule has 1 aliphatic heterocycles. The van der Waals surface area contributed by atoms with Crippen molar-refractivity contribution in [3.8, 4) is 5.75 Å². The van der Waals surface area contributed by atoms with Crippen LogP contribution in [0.3, 0.4) is 0 Å². The summed E-state index contributed by atoms with van der Waals surface area (Å²) in [6, 6.07) is 7.10. The summed E-state index contributed by atoms with van der Waals surface area (Å²) in [6.07, 6.45) is 0. The average molecular weight is 369 g/mol. The standard InChI is InChI=1S/C20H27N5O2/c1-5-27-17-8-6-16(7-9-17)19(26)23-18-14(2)21-20(22-15(18)3)25-12-10-24(4)11-13-25/h6-9H,5,10-13H2,1-4H3,(H,23,26). The molecule has 2 aromatic rings. The van der Waals surface area contributed by atoms with Crippen LogP contribution in [0.2, 0.25) is 0 Å². The highest BCUT2D eigenvalue weighted by atomic mass is 16.5. The fourth-order valence-corrected chi connectivity index (χ4v) is 3.08. The van der Waals surface area contributed by atoms with Gasteiger partial charge >= 0.3 is 0 Å². The van der Waals surface area contributed by atoms with Gasteiger partial charge < -0.3 is 19.9 Å². The molecule has 3 rings (SSSR count). The lowest BCUT2D eigenvalue weighted by Gasteiger charge is -2.32. The number of carbonyl (C=O) groups excluding carboxylic acids is 1. The first kappa shape index (κ1) is 19.1. The molecule has 1 saturated heterocycles. The van der Waals surface area contributed by atoms with Crippen molar-refractivity contribution in [2.45, 2.75) is 20.8 Å². The number of nitrogens with zero attached hydrogens (tertiary/aromatic N) is 4. The zero-order chi connectivity index (χ0) is 19.4. The maximum Gasteiger partial charge on any atom is 0.255 e. The van der Waals surface area contributed by atoms with Crippen LogP contribution >= 0.6 is 0 Å². The van der Waals surface area contributed by atoms with Crippen molar-refractivity contribution in [1.29, 1.82) is 0 Å². The van der Waals surface area contributed by atoms with E-state index in [4.69, 9.17) is 4.74 Å². The van der Waals surface area contributed by atoms with Gasteiger partial charge in [-0.25, -0.2) is 9.97 Å². The Kier molecular flexibility index (Phi) is 5.91. The largest absolute Gasteiger partial charge is 0.494 e. The summed E-state index contributed by atoms with van der Waals surface area (Å²) in [5.41, 5.74) is 2.79. The molecule has 0 radical (unpaired) electrons. The second-order valence-electron chi connectivity index (χ2n) is 6.77. The zero-order valence-electron chi connectivity index (χ0n) is 16.5. The molecular weight excluding hydrogens is 342 g/mol. The molecule has 7 heteroatoms. The van der Waals surface area contributed by atoms with Gasteiger partial charge in [-0.15, -0.1) is 0 Å². The summed E-state index contributed by atoms with van der Waals surface area (Å²) in [4.78, 5) is 26.3. The van der Waals surface area contributed by atoms with Crippen LogP contribution in [0.15, 0.2) is 24.3 Å². The van der Waals surface area contributed by atoms with Gasteiger partial charge in [0.1, 0.15) is 5.75 Å². The van der Waals surface area contributed by atoms with Crippen LogP contribution < -0.4 is 15.0 Å². The lowest BCUT2D eigenvalue weighted by atomic mass is 10.2. The van der Waals surface area contributed by atoms with Gasteiger partial charge in [-0.3, -0.25) is 4.79 Å². The molecule has 0 spiro atoms. The van der Waals surface area contributed by atoms with Gasteiger partial charge in [-0.1, -0.05) is 0 Å². The summed E-state index contributed by atoms with van der Waals surface area (Å²) < 4.78 is 5.42. The molecule has 0 saturated carbocycles. The summed E-state index contributed by atoms with van der Waals surface area (Å²) in [5.74, 6) is 1.30. The highest BCUT2D eigenvalue weighted by molar-refractivity contribution is 6.04. The second-order valence-corrected chi connectivity index (χ2v) is 6.77. The number of aryl methyl sites for hydroxylation is 2.